The molecule has 1 heterocycles. The lowest BCUT2D eigenvalue weighted by atomic mass is 10.1. The quantitative estimate of drug-likeness (QED) is 0.833. The van der Waals surface area contributed by atoms with Gasteiger partial charge in [0.15, 0.2) is 0 Å². The summed E-state index contributed by atoms with van der Waals surface area (Å²) in [5.41, 5.74) is 2.54. The Balaban J connectivity index is 1.89. The van der Waals surface area contributed by atoms with Crippen molar-refractivity contribution in [2.75, 3.05) is 57.3 Å². The summed E-state index contributed by atoms with van der Waals surface area (Å²) < 4.78 is 5.94. The van der Waals surface area contributed by atoms with Crippen molar-refractivity contribution in [1.82, 2.24) is 10.2 Å². The number of nitrogens with one attached hydrogen (secondary N) is 1. The van der Waals surface area contributed by atoms with Gasteiger partial charge < -0.3 is 19.9 Å². The van der Waals surface area contributed by atoms with E-state index in [2.05, 4.69) is 54.1 Å². The molecule has 118 valence electrons. The molecule has 1 aromatic rings. The van der Waals surface area contributed by atoms with Crippen LogP contribution in [0.25, 0.3) is 0 Å². The Hall–Kier alpha value is -1.26. The minimum Gasteiger partial charge on any atom is -0.492 e. The molecule has 0 aromatic heterocycles. The summed E-state index contributed by atoms with van der Waals surface area (Å²) >= 11 is 0. The lowest BCUT2D eigenvalue weighted by Crippen LogP contribution is -2.43. The van der Waals surface area contributed by atoms with Crippen molar-refractivity contribution >= 4 is 5.69 Å². The molecular formula is C17H29N3O. The van der Waals surface area contributed by atoms with E-state index >= 15 is 0 Å². The first-order valence-corrected chi connectivity index (χ1v) is 8.16. The Morgan fingerprint density at radius 1 is 1.19 bits per heavy atom. The standard InChI is InChI=1S/C17H29N3O/c1-4-19(5-2)12-13-21-17-7-6-16(14-15(17)3)20-10-8-18-9-11-20/h6-7,14,18H,4-5,8-13H2,1-3H3. The van der Waals surface area contributed by atoms with Crippen LogP contribution in [0.15, 0.2) is 18.2 Å². The second kappa shape index (κ2) is 8.25. The molecule has 0 saturated carbocycles. The van der Waals surface area contributed by atoms with Crippen LogP contribution in [0.3, 0.4) is 0 Å². The van der Waals surface area contributed by atoms with E-state index in [0.29, 0.717) is 0 Å². The number of piperazine rings is 1. The van der Waals surface area contributed by atoms with Gasteiger partial charge in [-0.15, -0.1) is 0 Å². The smallest absolute Gasteiger partial charge is 0.122 e. The van der Waals surface area contributed by atoms with E-state index in [0.717, 1.165) is 58.2 Å². The summed E-state index contributed by atoms with van der Waals surface area (Å²) in [6, 6.07) is 6.55. The van der Waals surface area contributed by atoms with Crippen molar-refractivity contribution in [1.29, 1.82) is 0 Å². The zero-order valence-electron chi connectivity index (χ0n) is 13.7. The lowest BCUT2D eigenvalue weighted by molar-refractivity contribution is 0.222. The van der Waals surface area contributed by atoms with Gasteiger partial charge in [0.2, 0.25) is 0 Å². The highest BCUT2D eigenvalue weighted by Gasteiger charge is 2.11. The van der Waals surface area contributed by atoms with Crippen molar-refractivity contribution < 1.29 is 4.74 Å². The predicted molar refractivity (Wildman–Crippen MR) is 89.5 cm³/mol. The van der Waals surface area contributed by atoms with Gasteiger partial charge in [0.25, 0.3) is 0 Å². The number of benzene rings is 1. The Bertz CT molecular complexity index is 426. The van der Waals surface area contributed by atoms with E-state index in [1.807, 2.05) is 0 Å². The van der Waals surface area contributed by atoms with E-state index < -0.39 is 0 Å². The Kier molecular flexibility index (Phi) is 6.33. The number of rotatable bonds is 7. The maximum absolute atomic E-state index is 5.94. The highest BCUT2D eigenvalue weighted by atomic mass is 16.5. The summed E-state index contributed by atoms with van der Waals surface area (Å²) in [4.78, 5) is 4.81. The summed E-state index contributed by atoms with van der Waals surface area (Å²) in [7, 11) is 0. The van der Waals surface area contributed by atoms with E-state index in [1.54, 1.807) is 0 Å². The third kappa shape index (κ3) is 4.61. The highest BCUT2D eigenvalue weighted by molar-refractivity contribution is 5.53. The third-order valence-corrected chi connectivity index (χ3v) is 4.20. The maximum Gasteiger partial charge on any atom is 0.122 e. The molecule has 0 amide bonds. The normalized spacial score (nSPS) is 15.5. The van der Waals surface area contributed by atoms with Gasteiger partial charge in [-0.25, -0.2) is 0 Å². The SMILES string of the molecule is CCN(CC)CCOc1ccc(N2CCNCC2)cc1C. The lowest BCUT2D eigenvalue weighted by Gasteiger charge is -2.30. The van der Waals surface area contributed by atoms with Crippen LogP contribution in [-0.2, 0) is 0 Å². The summed E-state index contributed by atoms with van der Waals surface area (Å²) in [6.45, 7) is 14.8. The highest BCUT2D eigenvalue weighted by Crippen LogP contribution is 2.24. The number of hydrogen-bond acceptors (Lipinski definition) is 4. The Labute approximate surface area is 129 Å². The van der Waals surface area contributed by atoms with Crippen LogP contribution in [0.5, 0.6) is 5.75 Å². The second-order valence-corrected chi connectivity index (χ2v) is 5.56. The number of likely N-dealkylation sites (N-methyl/N-ethyl adjacent to an activating group) is 1. The molecule has 2 rings (SSSR count). The number of ether oxygens (including phenoxy) is 1. The number of nitrogens with zero attached hydrogens (tertiary/aromatic N) is 2. The van der Waals surface area contributed by atoms with Gasteiger partial charge in [0, 0.05) is 38.4 Å². The molecule has 0 radical (unpaired) electrons. The molecule has 21 heavy (non-hydrogen) atoms. The fourth-order valence-corrected chi connectivity index (χ4v) is 2.74. The van der Waals surface area contributed by atoms with Crippen LogP contribution in [0, 0.1) is 6.92 Å². The van der Waals surface area contributed by atoms with Crippen LogP contribution in [0.1, 0.15) is 19.4 Å². The van der Waals surface area contributed by atoms with Gasteiger partial charge in [-0.1, -0.05) is 13.8 Å². The summed E-state index contributed by atoms with van der Waals surface area (Å²) in [6.07, 6.45) is 0. The first-order valence-electron chi connectivity index (χ1n) is 8.16. The van der Waals surface area contributed by atoms with Crippen molar-refractivity contribution in [2.45, 2.75) is 20.8 Å². The molecule has 0 bridgehead atoms. The molecule has 0 unspecified atom stereocenters. The minimum absolute atomic E-state index is 0.759. The number of hydrogen-bond donors (Lipinski definition) is 1. The molecule has 1 aliphatic heterocycles. The molecule has 1 fully saturated rings. The Morgan fingerprint density at radius 3 is 2.52 bits per heavy atom. The fourth-order valence-electron chi connectivity index (χ4n) is 2.74. The molecule has 1 aliphatic rings. The van der Waals surface area contributed by atoms with Crippen molar-refractivity contribution in [3.63, 3.8) is 0 Å². The van der Waals surface area contributed by atoms with Crippen molar-refractivity contribution in [3.05, 3.63) is 23.8 Å². The minimum atomic E-state index is 0.759. The third-order valence-electron chi connectivity index (χ3n) is 4.20. The van der Waals surface area contributed by atoms with Gasteiger partial charge in [-0.05, 0) is 43.8 Å². The second-order valence-electron chi connectivity index (χ2n) is 5.56. The monoisotopic (exact) mass is 291 g/mol. The van der Waals surface area contributed by atoms with E-state index in [1.165, 1.54) is 11.3 Å². The van der Waals surface area contributed by atoms with Gasteiger partial charge in [-0.2, -0.15) is 0 Å². The van der Waals surface area contributed by atoms with Gasteiger partial charge >= 0.3 is 0 Å². The first kappa shape index (κ1) is 16.1. The van der Waals surface area contributed by atoms with Gasteiger partial charge in [-0.3, -0.25) is 0 Å². The van der Waals surface area contributed by atoms with Gasteiger partial charge in [0.1, 0.15) is 12.4 Å². The van der Waals surface area contributed by atoms with Crippen molar-refractivity contribution in [3.8, 4) is 5.75 Å². The molecule has 0 atom stereocenters. The van der Waals surface area contributed by atoms with Crippen LogP contribution in [0.4, 0.5) is 5.69 Å². The zero-order chi connectivity index (χ0) is 15.1. The van der Waals surface area contributed by atoms with Crippen LogP contribution < -0.4 is 15.0 Å². The van der Waals surface area contributed by atoms with E-state index in [4.69, 9.17) is 4.74 Å². The van der Waals surface area contributed by atoms with E-state index in [9.17, 15) is 0 Å². The topological polar surface area (TPSA) is 27.7 Å². The van der Waals surface area contributed by atoms with E-state index in [-0.39, 0.29) is 0 Å². The molecule has 0 spiro atoms. The first-order chi connectivity index (χ1) is 10.2. The summed E-state index contributed by atoms with van der Waals surface area (Å²) in [5.74, 6) is 1.01. The average Bonchev–Trinajstić information content (AvgIpc) is 2.53. The molecule has 1 saturated heterocycles. The molecule has 1 aromatic carbocycles. The number of aryl methyl sites for hydroxylation is 1. The zero-order valence-corrected chi connectivity index (χ0v) is 13.7. The maximum atomic E-state index is 5.94. The van der Waals surface area contributed by atoms with Crippen LogP contribution in [0.2, 0.25) is 0 Å². The van der Waals surface area contributed by atoms with Crippen molar-refractivity contribution in [2.24, 2.45) is 0 Å². The summed E-state index contributed by atoms with van der Waals surface area (Å²) in [5, 5.41) is 3.39. The average molecular weight is 291 g/mol. The largest absolute Gasteiger partial charge is 0.492 e. The molecule has 4 heteroatoms. The molecule has 4 nitrogen and oxygen atoms in total. The van der Waals surface area contributed by atoms with Crippen LogP contribution in [-0.4, -0.2) is 57.3 Å². The predicted octanol–water partition coefficient (Wildman–Crippen LogP) is 2.13. The molecule has 0 aliphatic carbocycles. The van der Waals surface area contributed by atoms with Crippen LogP contribution >= 0.6 is 0 Å². The molecular weight excluding hydrogens is 262 g/mol. The van der Waals surface area contributed by atoms with Gasteiger partial charge in [0.05, 0.1) is 0 Å². The Morgan fingerprint density at radius 2 is 1.90 bits per heavy atom. The molecule has 1 N–H and O–H groups in total. The fraction of sp³-hybridized carbons (Fsp3) is 0.647. The number of anilines is 1.